The largest absolute Gasteiger partial charge is 0.313 e. The van der Waals surface area contributed by atoms with Gasteiger partial charge in [-0.2, -0.15) is 5.10 Å². The fraction of sp³-hybridized carbons (Fsp3) is 0. The van der Waals surface area contributed by atoms with Gasteiger partial charge < -0.3 is 0 Å². The zero-order valence-electron chi connectivity index (χ0n) is 3.76. The van der Waals surface area contributed by atoms with Crippen molar-refractivity contribution in [1.29, 1.82) is 0 Å². The van der Waals surface area contributed by atoms with Crippen LogP contribution in [-0.4, -0.2) is 15.4 Å². The van der Waals surface area contributed by atoms with Crippen molar-refractivity contribution in [3.05, 3.63) is 26.8 Å². The van der Waals surface area contributed by atoms with Crippen LogP contribution in [-0.2, 0) is 0 Å². The van der Waals surface area contributed by atoms with Crippen molar-refractivity contribution in [3.8, 4) is 0 Å². The summed E-state index contributed by atoms with van der Waals surface area (Å²) in [6.45, 7) is 0. The molecule has 0 aliphatic carbocycles. The fourth-order valence-electron chi connectivity index (χ4n) is 0.265. The third-order valence-electron chi connectivity index (χ3n) is 0.589. The molecule has 1 aromatic rings. The molecule has 0 amide bonds. The van der Waals surface area contributed by atoms with Crippen LogP contribution in [0.3, 0.4) is 0 Å². The number of hydrogen-bond donors (Lipinski definition) is 2. The van der Waals surface area contributed by atoms with Crippen molar-refractivity contribution in [2.24, 2.45) is 0 Å². The molecule has 0 aliphatic heterocycles. The van der Waals surface area contributed by atoms with Crippen LogP contribution < -0.4 is 11.0 Å². The van der Waals surface area contributed by atoms with Crippen molar-refractivity contribution in [3.63, 3.8) is 0 Å². The maximum Gasteiger partial charge on any atom is 0.313 e. The third kappa shape index (κ3) is 0.651. The molecule has 1 aromatic heterocycles. The second-order valence-electron chi connectivity index (χ2n) is 1.12. The lowest BCUT2D eigenvalue weighted by Crippen LogP contribution is -2.27. The number of H-pyrrole nitrogens is 2. The van der Waals surface area contributed by atoms with Crippen LogP contribution >= 0.6 is 0 Å². The highest BCUT2D eigenvalue weighted by molar-refractivity contribution is 4.73. The van der Waals surface area contributed by atoms with Crippen LogP contribution in [0.4, 0.5) is 0 Å². The van der Waals surface area contributed by atoms with Crippen molar-refractivity contribution in [1.82, 2.24) is 15.4 Å². The van der Waals surface area contributed by atoms with Gasteiger partial charge in [0.25, 0.3) is 5.43 Å². The molecular weight excluding hydrogens is 110 g/mol. The van der Waals surface area contributed by atoms with E-state index in [0.29, 0.717) is 0 Å². The summed E-state index contributed by atoms with van der Waals surface area (Å²) in [5.41, 5.74) is -1.50. The minimum atomic E-state index is -0.760. The van der Waals surface area contributed by atoms with E-state index in [1.807, 2.05) is 11.3 Å². The third-order valence-corrected chi connectivity index (χ3v) is 0.589. The van der Waals surface area contributed by atoms with Gasteiger partial charge in [-0.3, -0.25) is 9.59 Å². The summed E-state index contributed by atoms with van der Waals surface area (Å²) in [4.78, 5) is 20.3. The van der Waals surface area contributed by atoms with Gasteiger partial charge in [-0.15, -0.1) is 0 Å². The van der Waals surface area contributed by atoms with Crippen LogP contribution in [0.2, 0.25) is 0 Å². The van der Waals surface area contributed by atoms with Crippen molar-refractivity contribution in [2.75, 3.05) is 0 Å². The van der Waals surface area contributed by atoms with Gasteiger partial charge in [0.2, 0.25) is 0 Å². The predicted octanol–water partition coefficient (Wildman–Crippen LogP) is -1.74. The van der Waals surface area contributed by atoms with Gasteiger partial charge >= 0.3 is 5.56 Å². The molecule has 41 valence electrons. The van der Waals surface area contributed by atoms with E-state index in [2.05, 4.69) is 10.3 Å². The fourth-order valence-corrected chi connectivity index (χ4v) is 0.265. The molecule has 1 rings (SSSR count). The number of hydrogen-bond acceptors (Lipinski definition) is 3. The zero-order valence-corrected chi connectivity index (χ0v) is 3.76. The highest BCUT2D eigenvalue weighted by Gasteiger charge is 1.86. The summed E-state index contributed by atoms with van der Waals surface area (Å²) >= 11 is 0. The molecule has 0 saturated carbocycles. The van der Waals surface area contributed by atoms with Crippen molar-refractivity contribution in [2.45, 2.75) is 0 Å². The number of nitrogens with zero attached hydrogens (tertiary/aromatic N) is 1. The second-order valence-corrected chi connectivity index (χ2v) is 1.12. The van der Waals surface area contributed by atoms with E-state index >= 15 is 0 Å². The molecule has 0 atom stereocenters. The molecule has 0 aromatic carbocycles. The molecular formula is C3H2N3O2. The van der Waals surface area contributed by atoms with Gasteiger partial charge in [-0.1, -0.05) is 0 Å². The van der Waals surface area contributed by atoms with Gasteiger partial charge in [0.05, 0.1) is 0 Å². The summed E-state index contributed by atoms with van der Waals surface area (Å²) in [6, 6.07) is 0. The van der Waals surface area contributed by atoms with Crippen LogP contribution in [0, 0.1) is 6.20 Å². The Morgan fingerprint density at radius 2 is 2.25 bits per heavy atom. The summed E-state index contributed by atoms with van der Waals surface area (Å²) in [5.74, 6) is 0. The molecule has 0 spiro atoms. The van der Waals surface area contributed by atoms with Crippen LogP contribution in [0.25, 0.3) is 0 Å². The van der Waals surface area contributed by atoms with E-state index in [0.717, 1.165) is 0 Å². The molecule has 0 fully saturated rings. The van der Waals surface area contributed by atoms with Gasteiger partial charge in [0, 0.05) is 0 Å². The van der Waals surface area contributed by atoms with Gasteiger partial charge in [-0.05, 0) is 0 Å². The number of aromatic amines is 2. The second kappa shape index (κ2) is 1.61. The van der Waals surface area contributed by atoms with E-state index in [1.165, 1.54) is 0 Å². The summed E-state index contributed by atoms with van der Waals surface area (Å²) in [5, 5.41) is 7.15. The Balaban J connectivity index is 3.59. The lowest BCUT2D eigenvalue weighted by molar-refractivity contribution is 0.823. The first kappa shape index (κ1) is 4.76. The minimum absolute atomic E-state index is 0.736. The maximum absolute atomic E-state index is 10.1. The lowest BCUT2D eigenvalue weighted by atomic mass is 10.7. The minimum Gasteiger partial charge on any atom is -0.281 e. The monoisotopic (exact) mass is 112 g/mol. The summed E-state index contributed by atoms with van der Waals surface area (Å²) in [7, 11) is 0. The van der Waals surface area contributed by atoms with Crippen LogP contribution in [0.15, 0.2) is 9.59 Å². The molecule has 0 saturated heterocycles. The van der Waals surface area contributed by atoms with Crippen LogP contribution in [0.5, 0.6) is 0 Å². The standard InChI is InChI=1S/C3H2N3O2/c7-2-1-4-6-5-3(2)8/h(H,6,7)(H,4,5,8). The van der Waals surface area contributed by atoms with E-state index < -0.39 is 11.0 Å². The molecule has 8 heavy (non-hydrogen) atoms. The Hall–Kier alpha value is -1.39. The highest BCUT2D eigenvalue weighted by Crippen LogP contribution is 1.38. The number of nitrogens with one attached hydrogen (secondary N) is 2. The SMILES string of the molecule is O=c1[c]n[nH][nH]c1=O. The molecule has 0 aliphatic rings. The summed E-state index contributed by atoms with van der Waals surface area (Å²) in [6.07, 6.45) is 1.89. The molecule has 5 heteroatoms. The van der Waals surface area contributed by atoms with Crippen LogP contribution in [0.1, 0.15) is 0 Å². The Bertz CT molecular complexity index is 243. The average molecular weight is 112 g/mol. The van der Waals surface area contributed by atoms with Crippen molar-refractivity contribution >= 4 is 0 Å². The molecule has 0 unspecified atom stereocenters. The molecule has 1 heterocycles. The van der Waals surface area contributed by atoms with Gasteiger partial charge in [0.1, 0.15) is 0 Å². The Labute approximate surface area is 43.4 Å². The first-order valence-corrected chi connectivity index (χ1v) is 1.86. The Kier molecular flexibility index (Phi) is 0.957. The normalized spacial score (nSPS) is 9.00. The van der Waals surface area contributed by atoms with E-state index in [-0.39, 0.29) is 0 Å². The Morgan fingerprint density at radius 1 is 1.50 bits per heavy atom. The zero-order chi connectivity index (χ0) is 5.98. The Morgan fingerprint density at radius 3 is 2.62 bits per heavy atom. The van der Waals surface area contributed by atoms with Gasteiger partial charge in [0.15, 0.2) is 6.20 Å². The molecule has 0 bridgehead atoms. The smallest absolute Gasteiger partial charge is 0.281 e. The first-order valence-electron chi connectivity index (χ1n) is 1.86. The maximum atomic E-state index is 10.1. The number of rotatable bonds is 0. The average Bonchev–Trinajstić information content (AvgIpc) is 1.77. The predicted molar refractivity (Wildman–Crippen MR) is 24.3 cm³/mol. The first-order chi connectivity index (χ1) is 3.80. The quantitative estimate of drug-likeness (QED) is 0.391. The summed E-state index contributed by atoms with van der Waals surface area (Å²) < 4.78 is 0. The topological polar surface area (TPSA) is 78.6 Å². The molecule has 5 nitrogen and oxygen atoms in total. The highest BCUT2D eigenvalue weighted by atomic mass is 16.2. The van der Waals surface area contributed by atoms with E-state index in [1.54, 1.807) is 0 Å². The molecule has 1 radical (unpaired) electrons. The van der Waals surface area contributed by atoms with E-state index in [4.69, 9.17) is 0 Å². The number of aromatic nitrogens is 3. The van der Waals surface area contributed by atoms with E-state index in [9.17, 15) is 9.59 Å². The van der Waals surface area contributed by atoms with Gasteiger partial charge in [-0.25, -0.2) is 10.3 Å². The lowest BCUT2D eigenvalue weighted by Gasteiger charge is -1.74. The molecule has 2 N–H and O–H groups in total. The van der Waals surface area contributed by atoms with Crippen molar-refractivity contribution < 1.29 is 0 Å².